The highest BCUT2D eigenvalue weighted by atomic mass is 32.2. The van der Waals surface area contributed by atoms with Gasteiger partial charge in [0, 0.05) is 17.8 Å². The van der Waals surface area contributed by atoms with E-state index in [0.717, 1.165) is 5.56 Å². The standard InChI is InChI=1S/C24H22N2O5S/c1-31-24(28)17-9-12-20(13-10-17)25-23(27)19-11-14-22-18(16-19)6-5-15-26(22)32(29,30)21-7-3-2-4-8-21/h2-4,7-14,16H,5-6,15H2,1H3,(H,25,27). The first kappa shape index (κ1) is 21.6. The lowest BCUT2D eigenvalue weighted by Crippen LogP contribution is -2.35. The summed E-state index contributed by atoms with van der Waals surface area (Å²) in [5, 5.41) is 2.79. The van der Waals surface area contributed by atoms with Crippen LogP contribution in [0, 0.1) is 0 Å². The molecule has 7 nitrogen and oxygen atoms in total. The van der Waals surface area contributed by atoms with Crippen molar-refractivity contribution in [3.63, 3.8) is 0 Å². The van der Waals surface area contributed by atoms with Crippen LogP contribution in [0.5, 0.6) is 0 Å². The summed E-state index contributed by atoms with van der Waals surface area (Å²) in [4.78, 5) is 24.5. The van der Waals surface area contributed by atoms with Crippen molar-refractivity contribution in [1.82, 2.24) is 0 Å². The lowest BCUT2D eigenvalue weighted by molar-refractivity contribution is 0.0600. The van der Waals surface area contributed by atoms with E-state index in [1.54, 1.807) is 72.8 Å². The zero-order valence-corrected chi connectivity index (χ0v) is 18.3. The van der Waals surface area contributed by atoms with Gasteiger partial charge in [-0.2, -0.15) is 0 Å². The molecule has 3 aromatic rings. The highest BCUT2D eigenvalue weighted by molar-refractivity contribution is 7.92. The summed E-state index contributed by atoms with van der Waals surface area (Å²) in [6, 6.07) is 19.8. The van der Waals surface area contributed by atoms with Crippen molar-refractivity contribution in [3.05, 3.63) is 89.5 Å². The SMILES string of the molecule is COC(=O)c1ccc(NC(=O)c2ccc3c(c2)CCCN3S(=O)(=O)c2ccccc2)cc1. The van der Waals surface area contributed by atoms with Gasteiger partial charge in [0.1, 0.15) is 0 Å². The van der Waals surface area contributed by atoms with Gasteiger partial charge >= 0.3 is 5.97 Å². The topological polar surface area (TPSA) is 92.8 Å². The van der Waals surface area contributed by atoms with Crippen LogP contribution in [-0.2, 0) is 21.2 Å². The fourth-order valence-electron chi connectivity index (χ4n) is 3.68. The van der Waals surface area contributed by atoms with E-state index in [1.807, 2.05) is 0 Å². The molecule has 0 fully saturated rings. The van der Waals surface area contributed by atoms with Crippen LogP contribution < -0.4 is 9.62 Å². The third-order valence-electron chi connectivity index (χ3n) is 5.31. The Balaban J connectivity index is 1.56. The molecule has 0 aliphatic carbocycles. The van der Waals surface area contributed by atoms with Crippen molar-refractivity contribution in [2.45, 2.75) is 17.7 Å². The minimum absolute atomic E-state index is 0.241. The molecule has 32 heavy (non-hydrogen) atoms. The van der Waals surface area contributed by atoms with E-state index in [-0.39, 0.29) is 10.8 Å². The maximum atomic E-state index is 13.1. The minimum atomic E-state index is -3.68. The maximum Gasteiger partial charge on any atom is 0.337 e. The molecular formula is C24H22N2O5S. The first-order chi connectivity index (χ1) is 15.4. The Bertz CT molecular complexity index is 1260. The number of rotatable bonds is 5. The number of nitrogens with zero attached hydrogens (tertiary/aromatic N) is 1. The van der Waals surface area contributed by atoms with Gasteiger partial charge in [-0.15, -0.1) is 0 Å². The van der Waals surface area contributed by atoms with Gasteiger partial charge in [0.2, 0.25) is 0 Å². The average Bonchev–Trinajstić information content (AvgIpc) is 2.83. The number of hydrogen-bond donors (Lipinski definition) is 1. The molecule has 1 aliphatic heterocycles. The number of benzene rings is 3. The summed E-state index contributed by atoms with van der Waals surface area (Å²) >= 11 is 0. The van der Waals surface area contributed by atoms with Crippen LogP contribution in [-0.4, -0.2) is 33.9 Å². The van der Waals surface area contributed by atoms with E-state index in [0.29, 0.717) is 41.9 Å². The van der Waals surface area contributed by atoms with Crippen LogP contribution >= 0.6 is 0 Å². The number of sulfonamides is 1. The first-order valence-electron chi connectivity index (χ1n) is 10.1. The van der Waals surface area contributed by atoms with E-state index < -0.39 is 16.0 Å². The Morgan fingerprint density at radius 1 is 0.938 bits per heavy atom. The molecule has 1 aliphatic rings. The van der Waals surface area contributed by atoms with Gasteiger partial charge in [0.15, 0.2) is 0 Å². The van der Waals surface area contributed by atoms with Crippen molar-refractivity contribution in [2.24, 2.45) is 0 Å². The number of carbonyl (C=O) groups excluding carboxylic acids is 2. The second-order valence-electron chi connectivity index (χ2n) is 7.36. The molecule has 0 spiro atoms. The van der Waals surface area contributed by atoms with Gasteiger partial charge < -0.3 is 10.1 Å². The van der Waals surface area contributed by atoms with E-state index >= 15 is 0 Å². The average molecular weight is 451 g/mol. The van der Waals surface area contributed by atoms with Gasteiger partial charge in [-0.3, -0.25) is 9.10 Å². The van der Waals surface area contributed by atoms with Gasteiger partial charge in [0.05, 0.1) is 23.3 Å². The summed E-state index contributed by atoms with van der Waals surface area (Å²) in [6.45, 7) is 0.391. The molecule has 3 aromatic carbocycles. The number of nitrogens with one attached hydrogen (secondary N) is 1. The van der Waals surface area contributed by atoms with Gasteiger partial charge in [-0.1, -0.05) is 18.2 Å². The number of amides is 1. The number of methoxy groups -OCH3 is 1. The first-order valence-corrected chi connectivity index (χ1v) is 11.5. The molecule has 8 heteroatoms. The second-order valence-corrected chi connectivity index (χ2v) is 9.22. The van der Waals surface area contributed by atoms with Crippen LogP contribution in [0.2, 0.25) is 0 Å². The van der Waals surface area contributed by atoms with Crippen LogP contribution in [0.3, 0.4) is 0 Å². The number of esters is 1. The third kappa shape index (κ3) is 4.22. The fourth-order valence-corrected chi connectivity index (χ4v) is 5.25. The van der Waals surface area contributed by atoms with E-state index in [4.69, 9.17) is 0 Å². The lowest BCUT2D eigenvalue weighted by Gasteiger charge is -2.30. The summed E-state index contributed by atoms with van der Waals surface area (Å²) < 4.78 is 32.3. The molecule has 1 amide bonds. The monoisotopic (exact) mass is 450 g/mol. The number of ether oxygens (including phenoxy) is 1. The molecule has 0 radical (unpaired) electrons. The molecule has 0 unspecified atom stereocenters. The quantitative estimate of drug-likeness (QED) is 0.596. The van der Waals surface area contributed by atoms with Crippen LogP contribution in [0.25, 0.3) is 0 Å². The Hall–Kier alpha value is -3.65. The van der Waals surface area contributed by atoms with Crippen LogP contribution in [0.1, 0.15) is 32.7 Å². The molecule has 1 heterocycles. The minimum Gasteiger partial charge on any atom is -0.465 e. The molecule has 0 saturated carbocycles. The summed E-state index contributed by atoms with van der Waals surface area (Å²) in [5.41, 5.74) is 2.76. The van der Waals surface area contributed by atoms with Crippen LogP contribution in [0.4, 0.5) is 11.4 Å². The molecule has 0 aromatic heterocycles. The van der Waals surface area contributed by atoms with E-state index in [2.05, 4.69) is 10.1 Å². The normalized spacial score (nSPS) is 13.2. The molecule has 164 valence electrons. The molecular weight excluding hydrogens is 428 g/mol. The lowest BCUT2D eigenvalue weighted by atomic mass is 10.0. The Labute approximate surface area is 186 Å². The van der Waals surface area contributed by atoms with Gasteiger partial charge in [-0.05, 0) is 73.0 Å². The second kappa shape index (κ2) is 8.84. The van der Waals surface area contributed by atoms with Crippen molar-refractivity contribution in [3.8, 4) is 0 Å². The predicted octanol–water partition coefficient (Wildman–Crippen LogP) is 3.87. The predicted molar refractivity (Wildman–Crippen MR) is 121 cm³/mol. The summed E-state index contributed by atoms with van der Waals surface area (Å²) in [5.74, 6) is -0.769. The van der Waals surface area contributed by atoms with Gasteiger partial charge in [0.25, 0.3) is 15.9 Å². The Morgan fingerprint density at radius 2 is 1.62 bits per heavy atom. The highest BCUT2D eigenvalue weighted by Crippen LogP contribution is 2.32. The zero-order chi connectivity index (χ0) is 22.7. The Kier molecular flexibility index (Phi) is 5.96. The smallest absolute Gasteiger partial charge is 0.337 e. The Morgan fingerprint density at radius 3 is 2.31 bits per heavy atom. The number of fused-ring (bicyclic) bond motifs is 1. The maximum absolute atomic E-state index is 13.1. The largest absolute Gasteiger partial charge is 0.465 e. The highest BCUT2D eigenvalue weighted by Gasteiger charge is 2.29. The molecule has 0 saturated heterocycles. The number of carbonyl (C=O) groups is 2. The number of anilines is 2. The van der Waals surface area contributed by atoms with Crippen molar-refractivity contribution >= 4 is 33.3 Å². The molecule has 0 atom stereocenters. The van der Waals surface area contributed by atoms with Gasteiger partial charge in [-0.25, -0.2) is 13.2 Å². The molecule has 0 bridgehead atoms. The molecule has 4 rings (SSSR count). The van der Waals surface area contributed by atoms with Crippen molar-refractivity contribution in [2.75, 3.05) is 23.3 Å². The zero-order valence-electron chi connectivity index (χ0n) is 17.4. The molecule has 1 N–H and O–H groups in total. The fraction of sp³-hybridized carbons (Fsp3) is 0.167. The van der Waals surface area contributed by atoms with E-state index in [9.17, 15) is 18.0 Å². The van der Waals surface area contributed by atoms with Crippen molar-refractivity contribution < 1.29 is 22.7 Å². The van der Waals surface area contributed by atoms with Crippen molar-refractivity contribution in [1.29, 1.82) is 0 Å². The van der Waals surface area contributed by atoms with Crippen LogP contribution in [0.15, 0.2) is 77.7 Å². The third-order valence-corrected chi connectivity index (χ3v) is 7.14. The number of aryl methyl sites for hydroxylation is 1. The van der Waals surface area contributed by atoms with E-state index in [1.165, 1.54) is 11.4 Å². The summed E-state index contributed by atoms with van der Waals surface area (Å²) in [6.07, 6.45) is 1.35. The number of hydrogen-bond acceptors (Lipinski definition) is 5. The summed E-state index contributed by atoms with van der Waals surface area (Å²) in [7, 11) is -2.37.